The summed E-state index contributed by atoms with van der Waals surface area (Å²) >= 11 is 0. The SMILES string of the molecule is CCOC(=O)/C=C\c1ccc(NC(=O)NCC(=O)N2CCCC2)cc1. The average Bonchev–Trinajstić information content (AvgIpc) is 3.14. The van der Waals surface area contributed by atoms with E-state index < -0.39 is 12.0 Å². The Morgan fingerprint density at radius 2 is 1.84 bits per heavy atom. The normalized spacial score (nSPS) is 13.7. The Balaban J connectivity index is 1.77. The van der Waals surface area contributed by atoms with E-state index in [1.807, 2.05) is 0 Å². The van der Waals surface area contributed by atoms with E-state index in [4.69, 9.17) is 4.74 Å². The molecule has 2 N–H and O–H groups in total. The highest BCUT2D eigenvalue weighted by Crippen LogP contribution is 2.11. The van der Waals surface area contributed by atoms with E-state index in [1.165, 1.54) is 6.08 Å². The summed E-state index contributed by atoms with van der Waals surface area (Å²) in [6.45, 7) is 3.61. The highest BCUT2D eigenvalue weighted by Gasteiger charge is 2.17. The van der Waals surface area contributed by atoms with Crippen LogP contribution >= 0.6 is 0 Å². The molecule has 0 aromatic heterocycles. The number of hydrogen-bond acceptors (Lipinski definition) is 4. The molecule has 0 unspecified atom stereocenters. The van der Waals surface area contributed by atoms with Crippen LogP contribution in [0.5, 0.6) is 0 Å². The molecule has 0 aliphatic carbocycles. The lowest BCUT2D eigenvalue weighted by Crippen LogP contribution is -2.40. The third-order valence-electron chi connectivity index (χ3n) is 3.73. The summed E-state index contributed by atoms with van der Waals surface area (Å²) in [4.78, 5) is 36.7. The summed E-state index contributed by atoms with van der Waals surface area (Å²) < 4.78 is 4.80. The van der Waals surface area contributed by atoms with E-state index in [0.29, 0.717) is 12.3 Å². The van der Waals surface area contributed by atoms with Crippen molar-refractivity contribution in [3.05, 3.63) is 35.9 Å². The molecule has 1 saturated heterocycles. The van der Waals surface area contributed by atoms with Crippen molar-refractivity contribution in [2.75, 3.05) is 31.6 Å². The lowest BCUT2D eigenvalue weighted by Gasteiger charge is -2.15. The fourth-order valence-corrected chi connectivity index (χ4v) is 2.44. The van der Waals surface area contributed by atoms with Crippen molar-refractivity contribution in [1.29, 1.82) is 0 Å². The van der Waals surface area contributed by atoms with Crippen molar-refractivity contribution in [2.24, 2.45) is 0 Å². The first-order valence-electron chi connectivity index (χ1n) is 8.36. The van der Waals surface area contributed by atoms with Crippen LogP contribution in [0.15, 0.2) is 30.3 Å². The van der Waals surface area contributed by atoms with Crippen LogP contribution in [-0.2, 0) is 14.3 Å². The average molecular weight is 345 g/mol. The second-order valence-corrected chi connectivity index (χ2v) is 5.60. The van der Waals surface area contributed by atoms with Gasteiger partial charge in [-0.25, -0.2) is 9.59 Å². The molecule has 2 rings (SSSR count). The molecule has 134 valence electrons. The predicted octanol–water partition coefficient (Wildman–Crippen LogP) is 2.01. The molecule has 0 atom stereocenters. The summed E-state index contributed by atoms with van der Waals surface area (Å²) in [5.74, 6) is -0.459. The van der Waals surface area contributed by atoms with Crippen molar-refractivity contribution in [3.63, 3.8) is 0 Å². The van der Waals surface area contributed by atoms with Gasteiger partial charge in [0.1, 0.15) is 0 Å². The van der Waals surface area contributed by atoms with Crippen LogP contribution in [0.4, 0.5) is 10.5 Å². The van der Waals surface area contributed by atoms with Gasteiger partial charge >= 0.3 is 12.0 Å². The van der Waals surface area contributed by atoms with Gasteiger partial charge in [0.2, 0.25) is 5.91 Å². The number of esters is 1. The van der Waals surface area contributed by atoms with Gasteiger partial charge in [-0.05, 0) is 43.5 Å². The monoisotopic (exact) mass is 345 g/mol. The Kier molecular flexibility index (Phi) is 7.00. The third-order valence-corrected chi connectivity index (χ3v) is 3.73. The van der Waals surface area contributed by atoms with Crippen LogP contribution in [0.25, 0.3) is 6.08 Å². The number of nitrogens with zero attached hydrogens (tertiary/aromatic N) is 1. The quantitative estimate of drug-likeness (QED) is 0.610. The van der Waals surface area contributed by atoms with Gasteiger partial charge in [-0.2, -0.15) is 0 Å². The molecule has 1 aromatic carbocycles. The van der Waals surface area contributed by atoms with Gasteiger partial charge in [-0.15, -0.1) is 0 Å². The number of rotatable bonds is 6. The maximum absolute atomic E-state index is 11.9. The second-order valence-electron chi connectivity index (χ2n) is 5.60. The molecule has 25 heavy (non-hydrogen) atoms. The Bertz CT molecular complexity index is 634. The molecular weight excluding hydrogens is 322 g/mol. The number of carbonyl (C=O) groups is 3. The Hall–Kier alpha value is -2.83. The standard InChI is InChI=1S/C18H23N3O4/c1-2-25-17(23)10-7-14-5-8-15(9-6-14)20-18(24)19-13-16(22)21-11-3-4-12-21/h5-10H,2-4,11-13H2,1H3,(H2,19,20,24)/b10-7-. The molecule has 7 heteroatoms. The number of anilines is 1. The number of likely N-dealkylation sites (tertiary alicyclic amines) is 1. The van der Waals surface area contributed by atoms with Crippen molar-refractivity contribution in [3.8, 4) is 0 Å². The summed E-state index contributed by atoms with van der Waals surface area (Å²) in [5.41, 5.74) is 1.41. The first-order chi connectivity index (χ1) is 12.1. The molecule has 1 aromatic rings. The van der Waals surface area contributed by atoms with E-state index in [9.17, 15) is 14.4 Å². The molecule has 3 amide bonds. The van der Waals surface area contributed by atoms with Gasteiger partial charge in [0, 0.05) is 24.9 Å². The third kappa shape index (κ3) is 6.29. The maximum Gasteiger partial charge on any atom is 0.330 e. The summed E-state index contributed by atoms with van der Waals surface area (Å²) in [6.07, 6.45) is 5.03. The summed E-state index contributed by atoms with van der Waals surface area (Å²) in [7, 11) is 0. The van der Waals surface area contributed by atoms with E-state index in [2.05, 4.69) is 10.6 Å². The van der Waals surface area contributed by atoms with Gasteiger partial charge in [0.05, 0.1) is 13.2 Å². The minimum Gasteiger partial charge on any atom is -0.463 e. The number of nitrogens with one attached hydrogen (secondary N) is 2. The van der Waals surface area contributed by atoms with Crippen LogP contribution in [0.3, 0.4) is 0 Å². The first kappa shape index (κ1) is 18.5. The number of ether oxygens (including phenoxy) is 1. The van der Waals surface area contributed by atoms with Crippen LogP contribution in [0, 0.1) is 0 Å². The van der Waals surface area contributed by atoms with Crippen LogP contribution in [0.1, 0.15) is 25.3 Å². The van der Waals surface area contributed by atoms with E-state index in [-0.39, 0.29) is 12.5 Å². The lowest BCUT2D eigenvalue weighted by atomic mass is 10.2. The number of amides is 3. The number of carbonyl (C=O) groups excluding carboxylic acids is 3. The van der Waals surface area contributed by atoms with Crippen LogP contribution < -0.4 is 10.6 Å². The molecule has 1 aliphatic rings. The smallest absolute Gasteiger partial charge is 0.330 e. The van der Waals surface area contributed by atoms with E-state index in [0.717, 1.165) is 31.5 Å². The van der Waals surface area contributed by atoms with Crippen molar-refractivity contribution in [1.82, 2.24) is 10.2 Å². The molecular formula is C18H23N3O4. The first-order valence-corrected chi connectivity index (χ1v) is 8.36. The van der Waals surface area contributed by atoms with Crippen LogP contribution in [-0.4, -0.2) is 49.0 Å². The molecule has 1 heterocycles. The fraction of sp³-hybridized carbons (Fsp3) is 0.389. The van der Waals surface area contributed by atoms with Gasteiger partial charge in [0.25, 0.3) is 0 Å². The Labute approximate surface area is 147 Å². The zero-order valence-corrected chi connectivity index (χ0v) is 14.3. The van der Waals surface area contributed by atoms with E-state index in [1.54, 1.807) is 42.2 Å². The Morgan fingerprint density at radius 3 is 2.48 bits per heavy atom. The number of benzene rings is 1. The van der Waals surface area contributed by atoms with Gasteiger partial charge in [-0.3, -0.25) is 4.79 Å². The minimum atomic E-state index is -0.428. The summed E-state index contributed by atoms with van der Waals surface area (Å²) in [6, 6.07) is 6.53. The van der Waals surface area contributed by atoms with Crippen molar-refractivity contribution < 1.29 is 19.1 Å². The maximum atomic E-state index is 11.9. The minimum absolute atomic E-state index is 0.00774. The topological polar surface area (TPSA) is 87.7 Å². The zero-order chi connectivity index (χ0) is 18.1. The molecule has 1 fully saturated rings. The van der Waals surface area contributed by atoms with Gasteiger partial charge in [0.15, 0.2) is 0 Å². The lowest BCUT2D eigenvalue weighted by molar-refractivity contribution is -0.137. The van der Waals surface area contributed by atoms with Gasteiger partial charge in [-0.1, -0.05) is 12.1 Å². The molecule has 1 aliphatic heterocycles. The molecule has 7 nitrogen and oxygen atoms in total. The second kappa shape index (κ2) is 9.46. The van der Waals surface area contributed by atoms with Crippen LogP contribution in [0.2, 0.25) is 0 Å². The highest BCUT2D eigenvalue weighted by molar-refractivity contribution is 5.92. The highest BCUT2D eigenvalue weighted by atomic mass is 16.5. The number of hydrogen-bond donors (Lipinski definition) is 2. The molecule has 0 radical (unpaired) electrons. The largest absolute Gasteiger partial charge is 0.463 e. The predicted molar refractivity (Wildman–Crippen MR) is 94.9 cm³/mol. The molecule has 0 bridgehead atoms. The molecule has 0 spiro atoms. The zero-order valence-electron chi connectivity index (χ0n) is 14.3. The Morgan fingerprint density at radius 1 is 1.16 bits per heavy atom. The van der Waals surface area contributed by atoms with E-state index >= 15 is 0 Å². The van der Waals surface area contributed by atoms with Crippen molar-refractivity contribution in [2.45, 2.75) is 19.8 Å². The molecule has 0 saturated carbocycles. The van der Waals surface area contributed by atoms with Gasteiger partial charge < -0.3 is 20.3 Å². The fourth-order valence-electron chi connectivity index (χ4n) is 2.44. The van der Waals surface area contributed by atoms with Crippen molar-refractivity contribution >= 4 is 29.7 Å². The summed E-state index contributed by atoms with van der Waals surface area (Å²) in [5, 5.41) is 5.22. The number of urea groups is 1.